The number of fused-ring (bicyclic) bond motifs is 3. The number of rotatable bonds is 7. The Morgan fingerprint density at radius 3 is 2.52 bits per heavy atom. The number of nitrogens with zero attached hydrogens (tertiary/aromatic N) is 3. The number of hydrogen-bond acceptors (Lipinski definition) is 8. The summed E-state index contributed by atoms with van der Waals surface area (Å²) in [6, 6.07) is 11.1. The molecule has 0 saturated carbocycles. The van der Waals surface area contributed by atoms with Crippen LogP contribution in [0.4, 0.5) is 4.39 Å². The SMILES string of the molecule is COc1ccc(S(C)(=O)=O)c2c1c1ncc(/C(=C(\C)N)N(C)N)cc1n2[C@H](c1ccccc1F)C1CCOCC1. The first kappa shape index (κ1) is 27.9. The molecule has 0 unspecified atom stereocenters. The summed E-state index contributed by atoms with van der Waals surface area (Å²) in [7, 11) is -0.505. The van der Waals surface area contributed by atoms with Crippen LogP contribution >= 0.6 is 0 Å². The van der Waals surface area contributed by atoms with Gasteiger partial charge < -0.3 is 24.8 Å². The lowest BCUT2D eigenvalue weighted by molar-refractivity contribution is 0.0548. The number of pyridine rings is 1. The minimum Gasteiger partial charge on any atom is -0.496 e. The Morgan fingerprint density at radius 2 is 1.93 bits per heavy atom. The van der Waals surface area contributed by atoms with Crippen molar-refractivity contribution in [1.82, 2.24) is 14.6 Å². The second kappa shape index (κ2) is 10.7. The third kappa shape index (κ3) is 4.78. The Bertz CT molecular complexity index is 1720. The van der Waals surface area contributed by atoms with Crippen LogP contribution in [0.5, 0.6) is 5.75 Å². The van der Waals surface area contributed by atoms with E-state index < -0.39 is 15.9 Å². The summed E-state index contributed by atoms with van der Waals surface area (Å²) >= 11 is 0. The van der Waals surface area contributed by atoms with Crippen LogP contribution in [0.3, 0.4) is 0 Å². The molecule has 3 heterocycles. The fraction of sp³-hybridized carbons (Fsp3) is 0.345. The number of hydrazine groups is 1. The summed E-state index contributed by atoms with van der Waals surface area (Å²) in [4.78, 5) is 4.91. The minimum absolute atomic E-state index is 0.0462. The smallest absolute Gasteiger partial charge is 0.177 e. The predicted molar refractivity (Wildman–Crippen MR) is 154 cm³/mol. The molecule has 0 aliphatic carbocycles. The largest absolute Gasteiger partial charge is 0.496 e. The van der Waals surface area contributed by atoms with Crippen molar-refractivity contribution in [3.63, 3.8) is 0 Å². The number of aromatic nitrogens is 2. The van der Waals surface area contributed by atoms with E-state index in [4.69, 9.17) is 26.0 Å². The quantitative estimate of drug-likeness (QED) is 0.251. The molecule has 5 rings (SSSR count). The number of hydrogen-bond donors (Lipinski definition) is 2. The van der Waals surface area contributed by atoms with Crippen molar-refractivity contribution < 1.29 is 22.3 Å². The summed E-state index contributed by atoms with van der Waals surface area (Å²) in [6.45, 7) is 2.79. The summed E-state index contributed by atoms with van der Waals surface area (Å²) in [5, 5.41) is 1.96. The lowest BCUT2D eigenvalue weighted by atomic mass is 9.86. The van der Waals surface area contributed by atoms with Crippen LogP contribution in [0, 0.1) is 11.7 Å². The molecule has 0 amide bonds. The molecule has 1 aliphatic heterocycles. The number of ether oxygens (including phenoxy) is 2. The number of allylic oxidation sites excluding steroid dienone is 1. The average Bonchev–Trinajstić information content (AvgIpc) is 3.23. The van der Waals surface area contributed by atoms with Gasteiger partial charge in [-0.05, 0) is 49.9 Å². The van der Waals surface area contributed by atoms with Crippen LogP contribution in [0.2, 0.25) is 0 Å². The van der Waals surface area contributed by atoms with Gasteiger partial charge in [-0.15, -0.1) is 0 Å². The number of halogens is 1. The molecule has 1 atom stereocenters. The van der Waals surface area contributed by atoms with Gasteiger partial charge in [0.25, 0.3) is 0 Å². The van der Waals surface area contributed by atoms with E-state index in [9.17, 15) is 8.42 Å². The lowest BCUT2D eigenvalue weighted by Crippen LogP contribution is -2.28. The molecule has 40 heavy (non-hydrogen) atoms. The van der Waals surface area contributed by atoms with Gasteiger partial charge in [0.1, 0.15) is 11.6 Å². The topological polar surface area (TPSA) is 126 Å². The summed E-state index contributed by atoms with van der Waals surface area (Å²) < 4.78 is 55.4. The lowest BCUT2D eigenvalue weighted by Gasteiger charge is -2.33. The van der Waals surface area contributed by atoms with Gasteiger partial charge in [0.2, 0.25) is 0 Å². The zero-order chi connectivity index (χ0) is 28.8. The summed E-state index contributed by atoms with van der Waals surface area (Å²) in [5.74, 6) is 6.19. The highest BCUT2D eigenvalue weighted by Gasteiger charge is 2.34. The van der Waals surface area contributed by atoms with Crippen molar-refractivity contribution in [2.24, 2.45) is 17.5 Å². The fourth-order valence-corrected chi connectivity index (χ4v) is 6.79. The Kier molecular flexibility index (Phi) is 7.47. The van der Waals surface area contributed by atoms with E-state index in [0.717, 1.165) is 0 Å². The van der Waals surface area contributed by atoms with Gasteiger partial charge in [-0.3, -0.25) is 4.98 Å². The van der Waals surface area contributed by atoms with Crippen LogP contribution in [0.1, 0.15) is 36.9 Å². The molecular formula is C29H34FN5O4S. The van der Waals surface area contributed by atoms with Crippen molar-refractivity contribution in [2.45, 2.75) is 30.7 Å². The highest BCUT2D eigenvalue weighted by atomic mass is 32.2. The first-order chi connectivity index (χ1) is 19.0. The standard InChI is InChI=1S/C29H34FN5O4S/c1-17(31)27(34(2)32)19-15-22-26(33-16-19)25-23(38-3)9-10-24(40(4,36)37)29(25)35(22)28(18-11-13-39-14-12-18)20-7-5-6-8-21(20)30/h5-10,15-16,18,28H,11-14,31-32H2,1-4H3/b27-17-/t28-/m0/s1. The zero-order valence-corrected chi connectivity index (χ0v) is 23.8. The molecule has 1 fully saturated rings. The summed E-state index contributed by atoms with van der Waals surface area (Å²) in [6.07, 6.45) is 4.16. The maximum atomic E-state index is 15.6. The molecule has 9 nitrogen and oxygen atoms in total. The Morgan fingerprint density at radius 1 is 1.23 bits per heavy atom. The molecule has 0 radical (unpaired) electrons. The normalized spacial score (nSPS) is 16.2. The van der Waals surface area contributed by atoms with Gasteiger partial charge in [-0.1, -0.05) is 18.2 Å². The average molecular weight is 568 g/mol. The van der Waals surface area contributed by atoms with E-state index >= 15 is 4.39 Å². The molecule has 1 saturated heterocycles. The van der Waals surface area contributed by atoms with Gasteiger partial charge in [0, 0.05) is 49.5 Å². The van der Waals surface area contributed by atoms with Crippen LogP contribution in [-0.2, 0) is 14.6 Å². The van der Waals surface area contributed by atoms with Gasteiger partial charge in [-0.25, -0.2) is 18.7 Å². The molecule has 11 heteroatoms. The molecular weight excluding hydrogens is 533 g/mol. The van der Waals surface area contributed by atoms with Crippen LogP contribution in [-0.4, -0.2) is 56.6 Å². The maximum absolute atomic E-state index is 15.6. The monoisotopic (exact) mass is 567 g/mol. The van der Waals surface area contributed by atoms with Crippen molar-refractivity contribution in [3.8, 4) is 5.75 Å². The van der Waals surface area contributed by atoms with E-state index in [2.05, 4.69) is 0 Å². The molecule has 0 bridgehead atoms. The highest BCUT2D eigenvalue weighted by molar-refractivity contribution is 7.91. The van der Waals surface area contributed by atoms with Crippen LogP contribution < -0.4 is 16.3 Å². The van der Waals surface area contributed by atoms with E-state index in [1.54, 1.807) is 44.4 Å². The van der Waals surface area contributed by atoms with Crippen molar-refractivity contribution in [1.29, 1.82) is 0 Å². The van der Waals surface area contributed by atoms with E-state index in [1.165, 1.54) is 30.5 Å². The predicted octanol–water partition coefficient (Wildman–Crippen LogP) is 4.21. The third-order valence-electron chi connectivity index (χ3n) is 7.54. The number of sulfone groups is 1. The zero-order valence-electron chi connectivity index (χ0n) is 23.0. The van der Waals surface area contributed by atoms with Gasteiger partial charge in [0.05, 0.1) is 45.7 Å². The Balaban J connectivity index is 2.01. The van der Waals surface area contributed by atoms with Crippen LogP contribution in [0.25, 0.3) is 27.6 Å². The molecule has 4 N–H and O–H groups in total. The van der Waals surface area contributed by atoms with Gasteiger partial charge in [0.15, 0.2) is 9.84 Å². The van der Waals surface area contributed by atoms with Crippen molar-refractivity contribution in [2.75, 3.05) is 33.6 Å². The first-order valence-corrected chi connectivity index (χ1v) is 14.9. The molecule has 1 aliphatic rings. The Labute approximate surface area is 233 Å². The fourth-order valence-electron chi connectivity index (χ4n) is 5.92. The number of benzene rings is 2. The first-order valence-electron chi connectivity index (χ1n) is 13.0. The highest BCUT2D eigenvalue weighted by Crippen LogP contribution is 2.45. The summed E-state index contributed by atoms with van der Waals surface area (Å²) in [5.41, 5.74) is 9.91. The molecule has 4 aromatic rings. The Hall–Kier alpha value is -3.67. The third-order valence-corrected chi connectivity index (χ3v) is 8.67. The second-order valence-electron chi connectivity index (χ2n) is 10.3. The molecule has 2 aromatic heterocycles. The molecule has 212 valence electrons. The van der Waals surface area contributed by atoms with E-state index in [1.807, 2.05) is 10.6 Å². The number of nitrogens with two attached hydrogens (primary N) is 2. The van der Waals surface area contributed by atoms with Crippen molar-refractivity contribution in [3.05, 3.63) is 71.3 Å². The maximum Gasteiger partial charge on any atom is 0.177 e. The van der Waals surface area contributed by atoms with Crippen molar-refractivity contribution >= 4 is 37.5 Å². The second-order valence-corrected chi connectivity index (χ2v) is 12.3. The molecule has 2 aromatic carbocycles. The number of methoxy groups -OCH3 is 1. The van der Waals surface area contributed by atoms with E-state index in [0.29, 0.717) is 76.3 Å². The van der Waals surface area contributed by atoms with Gasteiger partial charge >= 0.3 is 0 Å². The van der Waals surface area contributed by atoms with Gasteiger partial charge in [-0.2, -0.15) is 0 Å². The minimum atomic E-state index is -3.71. The molecule has 0 spiro atoms. The van der Waals surface area contributed by atoms with E-state index in [-0.39, 0.29) is 16.6 Å². The van der Waals surface area contributed by atoms with Crippen LogP contribution in [0.15, 0.2) is 59.3 Å².